The van der Waals surface area contributed by atoms with Crippen LogP contribution in [0.2, 0.25) is 0 Å². The van der Waals surface area contributed by atoms with Crippen LogP contribution in [-0.2, 0) is 16.1 Å². The lowest BCUT2D eigenvalue weighted by Gasteiger charge is -2.18. The van der Waals surface area contributed by atoms with Crippen molar-refractivity contribution in [1.29, 1.82) is 0 Å². The predicted molar refractivity (Wildman–Crippen MR) is 85.0 cm³/mol. The van der Waals surface area contributed by atoms with Crippen molar-refractivity contribution in [2.24, 2.45) is 5.92 Å². The molecule has 0 fully saturated rings. The van der Waals surface area contributed by atoms with E-state index in [4.69, 9.17) is 5.11 Å². The van der Waals surface area contributed by atoms with Crippen molar-refractivity contribution < 1.29 is 14.7 Å². The van der Waals surface area contributed by atoms with Gasteiger partial charge in [-0.25, -0.2) is 9.78 Å². The smallest absolute Gasteiger partial charge is 0.326 e. The van der Waals surface area contributed by atoms with Gasteiger partial charge in [-0.15, -0.1) is 0 Å². The molecule has 1 aromatic carbocycles. The molecule has 0 spiro atoms. The van der Waals surface area contributed by atoms with Gasteiger partial charge >= 0.3 is 5.97 Å². The number of hydrogen-bond donors (Lipinski definition) is 2. The Kier molecular flexibility index (Phi) is 5.10. The van der Waals surface area contributed by atoms with Gasteiger partial charge in [0.15, 0.2) is 0 Å². The monoisotopic (exact) mass is 317 g/mol. The van der Waals surface area contributed by atoms with E-state index in [1.54, 1.807) is 38.1 Å². The zero-order valence-corrected chi connectivity index (χ0v) is 13.0. The van der Waals surface area contributed by atoms with Gasteiger partial charge < -0.3 is 10.4 Å². The first-order chi connectivity index (χ1) is 10.9. The Morgan fingerprint density at radius 1 is 1.30 bits per heavy atom. The third-order valence-corrected chi connectivity index (χ3v) is 3.56. The van der Waals surface area contributed by atoms with Crippen LogP contribution in [0.1, 0.15) is 20.3 Å². The van der Waals surface area contributed by atoms with E-state index in [1.165, 1.54) is 10.9 Å². The minimum Gasteiger partial charge on any atom is -0.480 e. The van der Waals surface area contributed by atoms with Gasteiger partial charge in [-0.2, -0.15) is 0 Å². The number of hydrogen-bond acceptors (Lipinski definition) is 4. The van der Waals surface area contributed by atoms with E-state index in [2.05, 4.69) is 10.3 Å². The molecule has 0 aliphatic carbocycles. The van der Waals surface area contributed by atoms with E-state index in [0.29, 0.717) is 10.9 Å². The number of aromatic nitrogens is 2. The minimum atomic E-state index is -1.07. The van der Waals surface area contributed by atoms with Crippen molar-refractivity contribution >= 4 is 22.8 Å². The SMILES string of the molecule is CC(C)[C@H](NC(=O)CCn1cnc2ccccc2c1=O)C(=O)O. The largest absolute Gasteiger partial charge is 0.480 e. The molecular formula is C16H19N3O4. The van der Waals surface area contributed by atoms with Crippen LogP contribution < -0.4 is 10.9 Å². The molecule has 0 unspecified atom stereocenters. The summed E-state index contributed by atoms with van der Waals surface area (Å²) in [5.41, 5.74) is 0.381. The highest BCUT2D eigenvalue weighted by molar-refractivity contribution is 5.83. The molecule has 0 saturated heterocycles. The Labute approximate surface area is 133 Å². The summed E-state index contributed by atoms with van der Waals surface area (Å²) in [6, 6.07) is 6.04. The van der Waals surface area contributed by atoms with Crippen molar-refractivity contribution in [3.63, 3.8) is 0 Å². The first kappa shape index (κ1) is 16.7. The molecule has 122 valence electrons. The van der Waals surface area contributed by atoms with Crippen LogP contribution in [0.15, 0.2) is 35.4 Å². The van der Waals surface area contributed by atoms with Crippen molar-refractivity contribution in [1.82, 2.24) is 14.9 Å². The summed E-state index contributed by atoms with van der Waals surface area (Å²) in [6.07, 6.45) is 1.41. The molecule has 2 rings (SSSR count). The van der Waals surface area contributed by atoms with E-state index < -0.39 is 17.9 Å². The minimum absolute atomic E-state index is 0.0103. The predicted octanol–water partition coefficient (Wildman–Crippen LogP) is 1.01. The first-order valence-electron chi connectivity index (χ1n) is 7.36. The number of aliphatic carboxylic acids is 1. The number of carbonyl (C=O) groups is 2. The number of aryl methyl sites for hydroxylation is 1. The Bertz CT molecular complexity index is 782. The van der Waals surface area contributed by atoms with Crippen molar-refractivity contribution in [2.75, 3.05) is 0 Å². The Hall–Kier alpha value is -2.70. The van der Waals surface area contributed by atoms with Gasteiger partial charge in [-0.3, -0.25) is 14.2 Å². The summed E-state index contributed by atoms with van der Waals surface area (Å²) in [5, 5.41) is 12.0. The van der Waals surface area contributed by atoms with Gasteiger partial charge in [-0.1, -0.05) is 26.0 Å². The summed E-state index contributed by atoms with van der Waals surface area (Å²) in [4.78, 5) is 39.4. The molecule has 1 aromatic heterocycles. The summed E-state index contributed by atoms with van der Waals surface area (Å²) in [5.74, 6) is -1.70. The second kappa shape index (κ2) is 7.04. The second-order valence-corrected chi connectivity index (χ2v) is 5.64. The molecule has 1 heterocycles. The van der Waals surface area contributed by atoms with Crippen molar-refractivity contribution in [3.05, 3.63) is 40.9 Å². The third-order valence-electron chi connectivity index (χ3n) is 3.56. The zero-order chi connectivity index (χ0) is 17.0. The second-order valence-electron chi connectivity index (χ2n) is 5.64. The molecule has 7 nitrogen and oxygen atoms in total. The highest BCUT2D eigenvalue weighted by Gasteiger charge is 2.23. The quantitative estimate of drug-likeness (QED) is 0.828. The number of para-hydroxylation sites is 1. The number of rotatable bonds is 6. The van der Waals surface area contributed by atoms with Crippen LogP contribution in [0.25, 0.3) is 10.9 Å². The van der Waals surface area contributed by atoms with Gasteiger partial charge in [0.25, 0.3) is 5.56 Å². The van der Waals surface area contributed by atoms with Crippen molar-refractivity contribution in [2.45, 2.75) is 32.9 Å². The average molecular weight is 317 g/mol. The van der Waals surface area contributed by atoms with Crippen LogP contribution >= 0.6 is 0 Å². The zero-order valence-electron chi connectivity index (χ0n) is 13.0. The highest BCUT2D eigenvalue weighted by Crippen LogP contribution is 2.05. The number of nitrogens with zero attached hydrogens (tertiary/aromatic N) is 2. The van der Waals surface area contributed by atoms with E-state index in [9.17, 15) is 14.4 Å². The number of amides is 1. The number of carbonyl (C=O) groups excluding carboxylic acids is 1. The number of carboxylic acids is 1. The van der Waals surface area contributed by atoms with Crippen LogP contribution in [0, 0.1) is 5.92 Å². The fourth-order valence-electron chi connectivity index (χ4n) is 2.25. The maximum absolute atomic E-state index is 12.3. The fourth-order valence-corrected chi connectivity index (χ4v) is 2.25. The van der Waals surface area contributed by atoms with Crippen LogP contribution in [0.3, 0.4) is 0 Å². The molecule has 7 heteroatoms. The van der Waals surface area contributed by atoms with Gasteiger partial charge in [0.2, 0.25) is 5.91 Å². The molecule has 2 N–H and O–H groups in total. The van der Waals surface area contributed by atoms with Gasteiger partial charge in [0.1, 0.15) is 6.04 Å². The third kappa shape index (κ3) is 3.94. The summed E-state index contributed by atoms with van der Waals surface area (Å²) < 4.78 is 1.35. The fraction of sp³-hybridized carbons (Fsp3) is 0.375. The van der Waals surface area contributed by atoms with Crippen LogP contribution in [0.4, 0.5) is 0 Å². The van der Waals surface area contributed by atoms with Gasteiger partial charge in [-0.05, 0) is 18.1 Å². The molecule has 1 atom stereocenters. The Balaban J connectivity index is 2.06. The summed E-state index contributed by atoms with van der Waals surface area (Å²) >= 11 is 0. The van der Waals surface area contributed by atoms with Crippen molar-refractivity contribution in [3.8, 4) is 0 Å². The molecule has 2 aromatic rings. The highest BCUT2D eigenvalue weighted by atomic mass is 16.4. The Morgan fingerprint density at radius 3 is 2.65 bits per heavy atom. The summed E-state index contributed by atoms with van der Waals surface area (Å²) in [7, 11) is 0. The van der Waals surface area contributed by atoms with Crippen LogP contribution in [0.5, 0.6) is 0 Å². The number of benzene rings is 1. The van der Waals surface area contributed by atoms with E-state index >= 15 is 0 Å². The van der Waals surface area contributed by atoms with E-state index in [1.807, 2.05) is 0 Å². The lowest BCUT2D eigenvalue weighted by molar-refractivity contribution is -0.143. The maximum Gasteiger partial charge on any atom is 0.326 e. The standard InChI is InChI=1S/C16H19N3O4/c1-10(2)14(16(22)23)18-13(20)7-8-19-9-17-12-6-4-3-5-11(12)15(19)21/h3-6,9-10,14H,7-8H2,1-2H3,(H,18,20)(H,22,23)/t14-/m0/s1. The number of fused-ring (bicyclic) bond motifs is 1. The van der Waals surface area contributed by atoms with E-state index in [0.717, 1.165) is 0 Å². The normalized spacial score (nSPS) is 12.3. The maximum atomic E-state index is 12.3. The van der Waals surface area contributed by atoms with Gasteiger partial charge in [0, 0.05) is 13.0 Å². The molecular weight excluding hydrogens is 298 g/mol. The molecule has 0 aliphatic rings. The van der Waals surface area contributed by atoms with E-state index in [-0.39, 0.29) is 24.4 Å². The molecule has 0 saturated carbocycles. The number of carboxylic acid groups (broad SMARTS) is 1. The summed E-state index contributed by atoms with van der Waals surface area (Å²) in [6.45, 7) is 3.58. The molecule has 0 radical (unpaired) electrons. The number of nitrogens with one attached hydrogen (secondary N) is 1. The molecule has 0 bridgehead atoms. The molecule has 23 heavy (non-hydrogen) atoms. The lowest BCUT2D eigenvalue weighted by Crippen LogP contribution is -2.44. The molecule has 0 aliphatic heterocycles. The average Bonchev–Trinajstić information content (AvgIpc) is 2.51. The van der Waals surface area contributed by atoms with Gasteiger partial charge in [0.05, 0.1) is 17.2 Å². The topological polar surface area (TPSA) is 101 Å². The lowest BCUT2D eigenvalue weighted by atomic mass is 10.0. The Morgan fingerprint density at radius 2 is 2.00 bits per heavy atom. The first-order valence-corrected chi connectivity index (χ1v) is 7.36. The van der Waals surface area contributed by atoms with Crippen LogP contribution in [-0.4, -0.2) is 32.6 Å². The molecule has 1 amide bonds.